The molecule has 0 amide bonds. The number of aliphatic imine (C=N–C) groups is 5. The molecule has 7 aliphatic rings. The van der Waals surface area contributed by atoms with E-state index in [4.69, 9.17) is 0 Å². The Balaban J connectivity index is -0.000000134. The number of hydrogen-bond acceptors (Lipinski definition) is 7. The molecule has 498 valence electrons. The molecule has 0 fully saturated rings. The summed E-state index contributed by atoms with van der Waals surface area (Å²) in [6, 6.07) is 0. The van der Waals surface area contributed by atoms with Crippen LogP contribution in [-0.2, 0) is 0 Å². The second kappa shape index (κ2) is 48.8. The Hall–Kier alpha value is -4.13. The van der Waals surface area contributed by atoms with E-state index >= 15 is 0 Å². The van der Waals surface area contributed by atoms with Crippen molar-refractivity contribution >= 4 is 40.1 Å². The van der Waals surface area contributed by atoms with Crippen LogP contribution in [0.4, 0.5) is 0 Å². The summed E-state index contributed by atoms with van der Waals surface area (Å²) >= 11 is 0. The molecule has 0 aromatic heterocycles. The van der Waals surface area contributed by atoms with Crippen LogP contribution in [0.2, 0.25) is 0 Å². The fourth-order valence-corrected chi connectivity index (χ4v) is 8.29. The Morgan fingerprint density at radius 2 is 0.741 bits per heavy atom. The van der Waals surface area contributed by atoms with Gasteiger partial charge in [0.2, 0.25) is 0 Å². The van der Waals surface area contributed by atoms with Gasteiger partial charge in [-0.25, -0.2) is 4.99 Å². The van der Waals surface area contributed by atoms with Crippen molar-refractivity contribution in [2.45, 2.75) is 285 Å². The van der Waals surface area contributed by atoms with Crippen molar-refractivity contribution < 1.29 is 0 Å². The molecule has 0 spiro atoms. The van der Waals surface area contributed by atoms with E-state index in [1.165, 1.54) is 69.5 Å². The molecule has 5 aliphatic heterocycles. The zero-order chi connectivity index (χ0) is 59.0. The Morgan fingerprint density at radius 1 is 0.306 bits per heavy atom. The normalized spacial score (nSPS) is 16.0. The third-order valence-corrected chi connectivity index (χ3v) is 14.9. The predicted octanol–water partition coefficient (Wildman–Crippen LogP) is 25.6. The summed E-state index contributed by atoms with van der Waals surface area (Å²) in [6.45, 7) is 63.6. The zero-order valence-corrected chi connectivity index (χ0v) is 55.2. The maximum atomic E-state index is 4.56. The van der Waals surface area contributed by atoms with Gasteiger partial charge in [-0.3, -0.25) is 20.0 Å². The molecule has 0 saturated carbocycles. The molecule has 0 unspecified atom stereocenters. The lowest BCUT2D eigenvalue weighted by Crippen LogP contribution is -2.12. The van der Waals surface area contributed by atoms with E-state index in [1.807, 2.05) is 6.20 Å². The SMILES string of the molecule is C.C.C.C.C.C.C.C.CC(C)C1=CC(C(C)C)=NC1.CC(C)C1=CC=C(C(C)C)C1.CC(C)C1=CCC(C(C)C)=C1.CC(C)C1=CCC(C(C)C)=N1.CC(C)C1=CN=C(C(C)C)C1.CC(C)C1=NC(C(C)C)=NC1.CC(C)C1=NN=C(C(C)C)C1. The average Bonchev–Trinajstić information content (AvgIpc) is 4.20. The highest BCUT2D eigenvalue weighted by Crippen LogP contribution is 2.30. The molecule has 0 atom stereocenters. The van der Waals surface area contributed by atoms with Crippen molar-refractivity contribution in [3.63, 3.8) is 0 Å². The number of rotatable bonds is 14. The summed E-state index contributed by atoms with van der Waals surface area (Å²) in [4.78, 5) is 22.2. The third kappa shape index (κ3) is 36.7. The van der Waals surface area contributed by atoms with E-state index in [9.17, 15) is 0 Å². The van der Waals surface area contributed by atoms with E-state index in [0.717, 1.165) is 55.9 Å². The molecular formula is C78H151N7. The quantitative estimate of drug-likeness (QED) is 0.166. The lowest BCUT2D eigenvalue weighted by Gasteiger charge is -2.10. The van der Waals surface area contributed by atoms with Gasteiger partial charge in [0.05, 0.1) is 13.1 Å². The third-order valence-electron chi connectivity index (χ3n) is 14.9. The molecule has 0 aromatic rings. The Bertz CT molecular complexity index is 1920. The minimum Gasteiger partial charge on any atom is -0.285 e. The molecule has 0 bridgehead atoms. The van der Waals surface area contributed by atoms with Crippen LogP contribution in [0, 0.1) is 82.9 Å². The molecule has 85 heavy (non-hydrogen) atoms. The molecule has 7 nitrogen and oxygen atoms in total. The molecule has 0 radical (unpaired) electrons. The Kier molecular flexibility index (Phi) is 55.8. The fourth-order valence-electron chi connectivity index (χ4n) is 8.29. The second-order valence-corrected chi connectivity index (χ2v) is 26.5. The van der Waals surface area contributed by atoms with Crippen LogP contribution in [0.25, 0.3) is 0 Å². The van der Waals surface area contributed by atoms with Crippen LogP contribution in [0.1, 0.15) is 285 Å². The number of allylic oxidation sites excluding steroid dienone is 12. The minimum atomic E-state index is 0. The molecule has 2 aliphatic carbocycles. The summed E-state index contributed by atoms with van der Waals surface area (Å²) in [5, 5.41) is 8.28. The van der Waals surface area contributed by atoms with Crippen LogP contribution in [0.3, 0.4) is 0 Å². The molecule has 7 rings (SSSR count). The van der Waals surface area contributed by atoms with Gasteiger partial charge in [0, 0.05) is 71.3 Å². The van der Waals surface area contributed by atoms with Crippen LogP contribution in [0.15, 0.2) is 117 Å². The maximum absolute atomic E-state index is 4.56. The first-order chi connectivity index (χ1) is 35.8. The van der Waals surface area contributed by atoms with E-state index in [2.05, 4.69) is 265 Å². The van der Waals surface area contributed by atoms with Crippen molar-refractivity contribution in [1.29, 1.82) is 0 Å². The van der Waals surface area contributed by atoms with Crippen molar-refractivity contribution in [1.82, 2.24) is 0 Å². The van der Waals surface area contributed by atoms with Gasteiger partial charge in [-0.15, -0.1) is 0 Å². The molecule has 0 aromatic carbocycles. The monoisotopic (exact) mass is 1190 g/mol. The van der Waals surface area contributed by atoms with Crippen LogP contribution >= 0.6 is 0 Å². The van der Waals surface area contributed by atoms with Crippen molar-refractivity contribution in [3.8, 4) is 0 Å². The fraction of sp³-hybridized carbons (Fsp3) is 0.731. The van der Waals surface area contributed by atoms with Crippen molar-refractivity contribution in [2.75, 3.05) is 13.1 Å². The largest absolute Gasteiger partial charge is 0.285 e. The van der Waals surface area contributed by atoms with E-state index in [-0.39, 0.29) is 59.4 Å². The lowest BCUT2D eigenvalue weighted by molar-refractivity contribution is 0.696. The lowest BCUT2D eigenvalue weighted by atomic mass is 9.95. The summed E-state index contributed by atoms with van der Waals surface area (Å²) in [6.07, 6.45) is 21.4. The number of amidine groups is 1. The molecule has 7 heteroatoms. The van der Waals surface area contributed by atoms with Crippen molar-refractivity contribution in [3.05, 3.63) is 81.8 Å². The standard InChI is InChI=1S/2C11H18.3C10H17N.2C9H16N2.8CH4/c2*1-8(2)10-5-6-11(7-10)9(3)4;2*1-7(2)9-5-10(8(3)4)11-6-9;1-7(2)9-5-6-10(11-9)8(3)4;1-6(2)8-5-10-9(11-8)7(3)4;1-6(2)8-5-9(7(3)4)11-10-8;;;;;;;;/h5,7-9H,6H2,1-4H3;5-6,8-9H,7H2,1-4H3;6-8H,5H2,1-4H3;2*5,7-8H,6H2,1-4H3;2*6-7H,5H2,1-4H3;8*1H4. The first kappa shape index (κ1) is 97.2. The first-order valence-corrected chi connectivity index (χ1v) is 30.6. The van der Waals surface area contributed by atoms with Crippen LogP contribution in [0.5, 0.6) is 0 Å². The summed E-state index contributed by atoms with van der Waals surface area (Å²) in [5.41, 5.74) is 18.2. The van der Waals surface area contributed by atoms with Gasteiger partial charge >= 0.3 is 0 Å². The summed E-state index contributed by atoms with van der Waals surface area (Å²) in [5.74, 6) is 9.76. The topological polar surface area (TPSA) is 86.5 Å². The van der Waals surface area contributed by atoms with Gasteiger partial charge in [0.25, 0.3) is 0 Å². The Morgan fingerprint density at radius 3 is 0.965 bits per heavy atom. The average molecular weight is 1190 g/mol. The molecule has 0 saturated heterocycles. The highest BCUT2D eigenvalue weighted by Gasteiger charge is 2.20. The van der Waals surface area contributed by atoms with Crippen molar-refractivity contribution in [2.24, 2.45) is 118 Å². The van der Waals surface area contributed by atoms with Gasteiger partial charge in [0.15, 0.2) is 0 Å². The predicted molar refractivity (Wildman–Crippen MR) is 403 cm³/mol. The zero-order valence-electron chi connectivity index (χ0n) is 55.2. The maximum Gasteiger partial charge on any atom is 0.126 e. The Labute approximate surface area is 535 Å². The van der Waals surface area contributed by atoms with Crippen LogP contribution < -0.4 is 0 Å². The van der Waals surface area contributed by atoms with E-state index in [1.54, 1.807) is 16.7 Å². The summed E-state index contributed by atoms with van der Waals surface area (Å²) < 4.78 is 0. The molecule has 0 N–H and O–H groups in total. The molecular weight excluding hydrogens is 1030 g/mol. The van der Waals surface area contributed by atoms with E-state index < -0.39 is 0 Å². The number of hydrogen-bond donors (Lipinski definition) is 0. The van der Waals surface area contributed by atoms with Gasteiger partial charge < -0.3 is 0 Å². The van der Waals surface area contributed by atoms with E-state index in [0.29, 0.717) is 65.1 Å². The second-order valence-electron chi connectivity index (χ2n) is 26.5. The summed E-state index contributed by atoms with van der Waals surface area (Å²) in [7, 11) is 0. The smallest absolute Gasteiger partial charge is 0.126 e. The van der Waals surface area contributed by atoms with Gasteiger partial charge in [-0.05, 0) is 113 Å². The first-order valence-electron chi connectivity index (χ1n) is 30.6. The van der Waals surface area contributed by atoms with Gasteiger partial charge in [-0.2, -0.15) is 10.2 Å². The highest BCUT2D eigenvalue weighted by atomic mass is 15.2. The van der Waals surface area contributed by atoms with Gasteiger partial charge in [-0.1, -0.05) is 300 Å². The van der Waals surface area contributed by atoms with Crippen LogP contribution in [-0.4, -0.2) is 53.2 Å². The highest BCUT2D eigenvalue weighted by molar-refractivity contribution is 6.08. The number of nitrogens with zero attached hydrogens (tertiary/aromatic N) is 7. The minimum absolute atomic E-state index is 0. The molecule has 5 heterocycles. The van der Waals surface area contributed by atoms with Gasteiger partial charge in [0.1, 0.15) is 5.84 Å².